The van der Waals surface area contributed by atoms with Crippen molar-refractivity contribution in [3.63, 3.8) is 0 Å². The number of fused-ring (bicyclic) bond motifs is 2. The number of halogens is 2. The van der Waals surface area contributed by atoms with Crippen LogP contribution in [0, 0.1) is 23.1 Å². The summed E-state index contributed by atoms with van der Waals surface area (Å²) in [6.07, 6.45) is 4.69. The van der Waals surface area contributed by atoms with E-state index < -0.39 is 5.83 Å². The van der Waals surface area contributed by atoms with E-state index in [0.717, 1.165) is 19.3 Å². The van der Waals surface area contributed by atoms with Crippen molar-refractivity contribution in [3.8, 4) is 0 Å². The molecule has 2 unspecified atom stereocenters. The van der Waals surface area contributed by atoms with E-state index in [2.05, 4.69) is 25.4 Å². The Bertz CT molecular complexity index is 1150. The molecular weight excluding hydrogens is 416 g/mol. The van der Waals surface area contributed by atoms with E-state index in [1.807, 2.05) is 0 Å². The summed E-state index contributed by atoms with van der Waals surface area (Å²) in [5, 5.41) is 10.8. The van der Waals surface area contributed by atoms with Crippen LogP contribution in [0.4, 0.5) is 14.7 Å². The fourth-order valence-electron chi connectivity index (χ4n) is 4.80. The second-order valence-corrected chi connectivity index (χ2v) is 8.35. The van der Waals surface area contributed by atoms with E-state index in [1.165, 1.54) is 18.3 Å². The summed E-state index contributed by atoms with van der Waals surface area (Å²) in [6.45, 7) is 2.54. The minimum atomic E-state index is -0.432. The number of carbonyl (C=O) groups is 1. The predicted octanol–water partition coefficient (Wildman–Crippen LogP) is 2.72. The number of likely N-dealkylation sites (tertiary alicyclic amines) is 1. The molecule has 10 heteroatoms. The van der Waals surface area contributed by atoms with Gasteiger partial charge in [0, 0.05) is 50.7 Å². The number of anilines is 1. The van der Waals surface area contributed by atoms with Gasteiger partial charge in [0.2, 0.25) is 5.95 Å². The molecule has 0 spiro atoms. The highest BCUT2D eigenvalue weighted by atomic mass is 19.1. The molecule has 1 aromatic heterocycles. The lowest BCUT2D eigenvalue weighted by molar-refractivity contribution is -0.126. The number of imidazole rings is 1. The van der Waals surface area contributed by atoms with Gasteiger partial charge in [-0.2, -0.15) is 5.10 Å². The van der Waals surface area contributed by atoms with E-state index in [-0.39, 0.29) is 35.6 Å². The van der Waals surface area contributed by atoms with Gasteiger partial charge < -0.3 is 20.2 Å². The first kappa shape index (κ1) is 20.3. The summed E-state index contributed by atoms with van der Waals surface area (Å²) in [6, 6.07) is 4.47. The van der Waals surface area contributed by atoms with Crippen LogP contribution in [0.15, 0.2) is 46.5 Å². The Kier molecular flexibility index (Phi) is 5.20. The predicted molar refractivity (Wildman–Crippen MR) is 118 cm³/mol. The van der Waals surface area contributed by atoms with Crippen LogP contribution in [0.25, 0.3) is 11.0 Å². The van der Waals surface area contributed by atoms with Crippen LogP contribution in [0.2, 0.25) is 0 Å². The first-order valence-electron chi connectivity index (χ1n) is 10.6. The molecule has 1 amide bonds. The number of H-pyrrole nitrogens is 1. The summed E-state index contributed by atoms with van der Waals surface area (Å²) in [4.78, 5) is 24.8. The third kappa shape index (κ3) is 3.65. The highest BCUT2D eigenvalue weighted by Crippen LogP contribution is 2.36. The van der Waals surface area contributed by atoms with Crippen LogP contribution >= 0.6 is 0 Å². The standard InChI is InChI=1S/C22H23F2N7O/c23-15-4-5-17-19(8-15)28-22(27-17)31-11-13-9-30(10-14(13)12-31)21(32)20-16(24)2-1-3-18(20)29-26-7-6-25/h3-8,13-14,25,29H,1-2,9-12H2,(H,27,28)/b25-6?,26-7-. The molecule has 2 saturated heterocycles. The van der Waals surface area contributed by atoms with Crippen molar-refractivity contribution in [2.75, 3.05) is 31.1 Å². The number of hydrogen-bond donors (Lipinski definition) is 3. The fraction of sp³-hybridized carbons (Fsp3) is 0.364. The molecule has 2 aliphatic heterocycles. The van der Waals surface area contributed by atoms with Gasteiger partial charge in [-0.1, -0.05) is 6.08 Å². The lowest BCUT2D eigenvalue weighted by atomic mass is 10.0. The maximum Gasteiger partial charge on any atom is 0.258 e. The van der Waals surface area contributed by atoms with E-state index in [9.17, 15) is 13.6 Å². The highest BCUT2D eigenvalue weighted by molar-refractivity contribution is 6.14. The van der Waals surface area contributed by atoms with Crippen molar-refractivity contribution in [1.82, 2.24) is 20.3 Å². The molecule has 1 aromatic carbocycles. The van der Waals surface area contributed by atoms with Crippen LogP contribution < -0.4 is 10.3 Å². The number of hydrogen-bond acceptors (Lipinski definition) is 6. The zero-order valence-electron chi connectivity index (χ0n) is 17.3. The fourth-order valence-corrected chi connectivity index (χ4v) is 4.80. The lowest BCUT2D eigenvalue weighted by Gasteiger charge is -2.24. The topological polar surface area (TPSA) is 100 Å². The van der Waals surface area contributed by atoms with Gasteiger partial charge >= 0.3 is 0 Å². The molecule has 0 saturated carbocycles. The molecule has 166 valence electrons. The summed E-state index contributed by atoms with van der Waals surface area (Å²) >= 11 is 0. The minimum absolute atomic E-state index is 0.0366. The molecule has 8 nitrogen and oxygen atoms in total. The summed E-state index contributed by atoms with van der Waals surface area (Å²) < 4.78 is 28.1. The Balaban J connectivity index is 1.27. The molecule has 0 bridgehead atoms. The first-order chi connectivity index (χ1) is 15.5. The molecular formula is C22H23F2N7O. The maximum atomic E-state index is 14.6. The number of carbonyl (C=O) groups excluding carboxylic acids is 1. The number of aromatic amines is 1. The van der Waals surface area contributed by atoms with Crippen LogP contribution in [0.3, 0.4) is 0 Å². The first-order valence-corrected chi connectivity index (χ1v) is 10.6. The van der Waals surface area contributed by atoms with Gasteiger partial charge in [0.25, 0.3) is 5.91 Å². The second kappa shape index (κ2) is 8.18. The normalized spacial score (nSPS) is 23.2. The minimum Gasteiger partial charge on any atom is -0.342 e. The monoisotopic (exact) mass is 439 g/mol. The van der Waals surface area contributed by atoms with Gasteiger partial charge in [0.1, 0.15) is 11.6 Å². The smallest absolute Gasteiger partial charge is 0.258 e. The maximum absolute atomic E-state index is 14.6. The molecule has 2 atom stereocenters. The molecule has 3 aliphatic rings. The van der Waals surface area contributed by atoms with E-state index in [4.69, 9.17) is 5.41 Å². The molecule has 2 aromatic rings. The van der Waals surface area contributed by atoms with Gasteiger partial charge in [0.05, 0.1) is 28.5 Å². The van der Waals surface area contributed by atoms with E-state index >= 15 is 0 Å². The Morgan fingerprint density at radius 1 is 1.25 bits per heavy atom. The van der Waals surface area contributed by atoms with Crippen LogP contribution in [0.5, 0.6) is 0 Å². The van der Waals surface area contributed by atoms with Gasteiger partial charge in [0.15, 0.2) is 0 Å². The van der Waals surface area contributed by atoms with Gasteiger partial charge in [-0.3, -0.25) is 10.2 Å². The van der Waals surface area contributed by atoms with E-state index in [0.29, 0.717) is 42.2 Å². The zero-order valence-corrected chi connectivity index (χ0v) is 17.3. The number of benzene rings is 1. The number of rotatable bonds is 5. The van der Waals surface area contributed by atoms with Gasteiger partial charge in [-0.15, -0.1) is 0 Å². The molecule has 1 aliphatic carbocycles. The molecule has 5 rings (SSSR count). The van der Waals surface area contributed by atoms with Crippen LogP contribution in [-0.2, 0) is 4.79 Å². The SMILES string of the molecule is N=C/C=N\NC1=CCCC(F)=C1C(=O)N1CC2CN(c3nc4ccc(F)cc4[nH]3)CC2C1. The van der Waals surface area contributed by atoms with Crippen molar-refractivity contribution >= 4 is 35.3 Å². The Labute approximate surface area is 183 Å². The average Bonchev–Trinajstić information content (AvgIpc) is 3.46. The number of nitrogens with zero attached hydrogens (tertiary/aromatic N) is 4. The molecule has 3 N–H and O–H groups in total. The molecule has 32 heavy (non-hydrogen) atoms. The number of nitrogens with one attached hydrogen (secondary N) is 3. The Morgan fingerprint density at radius 3 is 2.78 bits per heavy atom. The third-order valence-corrected chi connectivity index (χ3v) is 6.31. The van der Waals surface area contributed by atoms with Crippen molar-refractivity contribution in [2.24, 2.45) is 16.9 Å². The molecule has 0 radical (unpaired) electrons. The Hall–Kier alpha value is -3.56. The highest BCUT2D eigenvalue weighted by Gasteiger charge is 2.43. The van der Waals surface area contributed by atoms with Crippen molar-refractivity contribution < 1.29 is 13.6 Å². The summed E-state index contributed by atoms with van der Waals surface area (Å²) in [5.74, 6) is 0.151. The average molecular weight is 439 g/mol. The van der Waals surface area contributed by atoms with Gasteiger partial charge in [-0.05, 0) is 24.6 Å². The van der Waals surface area contributed by atoms with Crippen molar-refractivity contribution in [3.05, 3.63) is 47.2 Å². The van der Waals surface area contributed by atoms with Crippen LogP contribution in [-0.4, -0.2) is 59.4 Å². The third-order valence-electron chi connectivity index (χ3n) is 6.31. The van der Waals surface area contributed by atoms with Crippen LogP contribution in [0.1, 0.15) is 12.8 Å². The number of allylic oxidation sites excluding steroid dienone is 2. The van der Waals surface area contributed by atoms with Crippen molar-refractivity contribution in [1.29, 1.82) is 5.41 Å². The largest absolute Gasteiger partial charge is 0.342 e. The molecule has 2 fully saturated rings. The second-order valence-electron chi connectivity index (χ2n) is 8.35. The molecule has 3 heterocycles. The Morgan fingerprint density at radius 2 is 2.03 bits per heavy atom. The summed E-state index contributed by atoms with van der Waals surface area (Å²) in [7, 11) is 0. The van der Waals surface area contributed by atoms with E-state index in [1.54, 1.807) is 17.0 Å². The number of amides is 1. The quantitative estimate of drug-likeness (QED) is 0.493. The van der Waals surface area contributed by atoms with Gasteiger partial charge in [-0.25, -0.2) is 13.8 Å². The number of aromatic nitrogens is 2. The zero-order chi connectivity index (χ0) is 22.2. The number of hydrazone groups is 1. The lowest BCUT2D eigenvalue weighted by Crippen LogP contribution is -2.36. The van der Waals surface area contributed by atoms with Crippen molar-refractivity contribution in [2.45, 2.75) is 12.8 Å². The summed E-state index contributed by atoms with van der Waals surface area (Å²) in [5.41, 5.74) is 4.45.